The first-order valence-electron chi connectivity index (χ1n) is 12.4. The van der Waals surface area contributed by atoms with Gasteiger partial charge in [0, 0.05) is 28.5 Å². The highest BCUT2D eigenvalue weighted by Crippen LogP contribution is 2.38. The van der Waals surface area contributed by atoms with Crippen molar-refractivity contribution in [2.24, 2.45) is 0 Å². The van der Waals surface area contributed by atoms with Crippen LogP contribution in [0.5, 0.6) is 0 Å². The Morgan fingerprint density at radius 2 is 1.67 bits per heavy atom. The third-order valence-electron chi connectivity index (χ3n) is 6.63. The molecular weight excluding hydrogens is 536 g/mol. The van der Waals surface area contributed by atoms with Crippen molar-refractivity contribution in [3.05, 3.63) is 106 Å². The average molecular weight is 563 g/mol. The van der Waals surface area contributed by atoms with E-state index in [9.17, 15) is 13.2 Å². The van der Waals surface area contributed by atoms with E-state index in [2.05, 4.69) is 4.98 Å². The number of hydrogen-bond donors (Lipinski definition) is 0. The smallest absolute Gasteiger partial charge is 0.357 e. The van der Waals surface area contributed by atoms with Crippen LogP contribution in [-0.2, 0) is 32.5 Å². The number of aryl methyl sites for hydroxylation is 1. The number of methoxy groups -OCH3 is 1. The summed E-state index contributed by atoms with van der Waals surface area (Å²) in [5, 5.41) is 1.86. The average Bonchev–Trinajstić information content (AvgIpc) is 3.27. The van der Waals surface area contributed by atoms with Gasteiger partial charge in [-0.05, 0) is 55.7 Å². The zero-order valence-electron chi connectivity index (χ0n) is 21.8. The van der Waals surface area contributed by atoms with E-state index in [-0.39, 0.29) is 23.8 Å². The minimum absolute atomic E-state index is 0.0304. The van der Waals surface area contributed by atoms with Crippen molar-refractivity contribution in [1.29, 1.82) is 0 Å². The Bertz CT molecular complexity index is 1810. The van der Waals surface area contributed by atoms with Crippen LogP contribution in [0.1, 0.15) is 39.7 Å². The molecule has 0 fully saturated rings. The third kappa shape index (κ3) is 4.80. The van der Waals surface area contributed by atoms with Crippen LogP contribution in [0, 0.1) is 6.92 Å². The molecule has 5 rings (SSSR count). The van der Waals surface area contributed by atoms with E-state index < -0.39 is 16.0 Å². The van der Waals surface area contributed by atoms with Gasteiger partial charge in [0.1, 0.15) is 0 Å². The van der Waals surface area contributed by atoms with E-state index in [0.29, 0.717) is 38.8 Å². The number of ether oxygens (including phenoxy) is 2. The number of hydrogen-bond acceptors (Lipinski definition) is 6. The molecule has 0 aliphatic carbocycles. The summed E-state index contributed by atoms with van der Waals surface area (Å²) in [6.45, 7) is 3.82. The van der Waals surface area contributed by atoms with Crippen LogP contribution in [0.25, 0.3) is 21.8 Å². The lowest BCUT2D eigenvalue weighted by Gasteiger charge is -2.12. The largest absolute Gasteiger partial charge is 0.461 e. The molecule has 200 valence electrons. The lowest BCUT2D eigenvalue weighted by molar-refractivity contribution is 0.0514. The van der Waals surface area contributed by atoms with E-state index in [4.69, 9.17) is 21.1 Å². The van der Waals surface area contributed by atoms with Gasteiger partial charge < -0.3 is 9.47 Å². The predicted molar refractivity (Wildman–Crippen MR) is 152 cm³/mol. The lowest BCUT2D eigenvalue weighted by atomic mass is 9.97. The van der Waals surface area contributed by atoms with E-state index >= 15 is 0 Å². The molecule has 0 radical (unpaired) electrons. The second-order valence-electron chi connectivity index (χ2n) is 9.16. The summed E-state index contributed by atoms with van der Waals surface area (Å²) in [7, 11) is -2.53. The number of fused-ring (bicyclic) bond motifs is 3. The van der Waals surface area contributed by atoms with Crippen molar-refractivity contribution in [3.63, 3.8) is 0 Å². The van der Waals surface area contributed by atoms with Gasteiger partial charge in [0.05, 0.1) is 35.3 Å². The number of nitrogens with zero attached hydrogens (tertiary/aromatic N) is 2. The molecule has 0 atom stereocenters. The molecule has 0 saturated heterocycles. The molecule has 5 aromatic rings. The number of benzene rings is 3. The zero-order chi connectivity index (χ0) is 27.7. The SMILES string of the molecule is CCOC(=O)c1ncc2c(c1COC)c1c(Cc3ccccc3Cl)cccc1n2S(=O)(=O)c1ccc(C)cc1. The Hall–Kier alpha value is -3.72. The van der Waals surface area contributed by atoms with Crippen molar-refractivity contribution in [2.45, 2.75) is 31.8 Å². The Labute approximate surface area is 232 Å². The summed E-state index contributed by atoms with van der Waals surface area (Å²) in [4.78, 5) is 17.4. The zero-order valence-corrected chi connectivity index (χ0v) is 23.3. The maximum Gasteiger partial charge on any atom is 0.357 e. The van der Waals surface area contributed by atoms with Crippen LogP contribution in [0.15, 0.2) is 77.8 Å². The number of rotatable bonds is 8. The molecule has 0 bridgehead atoms. The quantitative estimate of drug-likeness (QED) is 0.206. The number of esters is 1. The van der Waals surface area contributed by atoms with Crippen LogP contribution in [0.2, 0.25) is 5.02 Å². The molecule has 0 spiro atoms. The monoisotopic (exact) mass is 562 g/mol. The van der Waals surface area contributed by atoms with Gasteiger partial charge in [0.2, 0.25) is 0 Å². The molecule has 0 aliphatic rings. The molecule has 7 nitrogen and oxygen atoms in total. The highest BCUT2D eigenvalue weighted by atomic mass is 35.5. The van der Waals surface area contributed by atoms with Gasteiger partial charge in [-0.15, -0.1) is 0 Å². The molecule has 0 aliphatic heterocycles. The molecule has 0 saturated carbocycles. The van der Waals surface area contributed by atoms with Crippen molar-refractivity contribution < 1.29 is 22.7 Å². The predicted octanol–water partition coefficient (Wildman–Crippen LogP) is 6.30. The molecule has 0 unspecified atom stereocenters. The van der Waals surface area contributed by atoms with Crippen molar-refractivity contribution in [1.82, 2.24) is 8.96 Å². The maximum atomic E-state index is 14.1. The third-order valence-corrected chi connectivity index (χ3v) is 8.74. The Morgan fingerprint density at radius 1 is 0.949 bits per heavy atom. The van der Waals surface area contributed by atoms with Crippen LogP contribution in [-0.4, -0.2) is 37.1 Å². The second kappa shape index (κ2) is 10.8. The van der Waals surface area contributed by atoms with Crippen molar-refractivity contribution >= 4 is 49.4 Å². The first kappa shape index (κ1) is 26.9. The molecule has 0 N–H and O–H groups in total. The van der Waals surface area contributed by atoms with Crippen molar-refractivity contribution in [2.75, 3.05) is 13.7 Å². The summed E-state index contributed by atoms with van der Waals surface area (Å²) in [6.07, 6.45) is 1.87. The van der Waals surface area contributed by atoms with Gasteiger partial charge in [0.15, 0.2) is 5.69 Å². The van der Waals surface area contributed by atoms with Crippen molar-refractivity contribution in [3.8, 4) is 0 Å². The van der Waals surface area contributed by atoms with Gasteiger partial charge in [0.25, 0.3) is 10.0 Å². The van der Waals surface area contributed by atoms with E-state index in [1.165, 1.54) is 17.3 Å². The molecule has 2 aromatic heterocycles. The fraction of sp³-hybridized carbons (Fsp3) is 0.200. The molecule has 39 heavy (non-hydrogen) atoms. The number of carbonyl (C=O) groups excluding carboxylic acids is 1. The second-order valence-corrected chi connectivity index (χ2v) is 11.4. The first-order chi connectivity index (χ1) is 18.8. The Morgan fingerprint density at radius 3 is 2.36 bits per heavy atom. The minimum Gasteiger partial charge on any atom is -0.461 e. The lowest BCUT2D eigenvalue weighted by Crippen LogP contribution is -2.14. The molecule has 2 heterocycles. The number of pyridine rings is 1. The van der Waals surface area contributed by atoms with Gasteiger partial charge in [-0.25, -0.2) is 22.2 Å². The van der Waals surface area contributed by atoms with E-state index in [0.717, 1.165) is 16.7 Å². The van der Waals surface area contributed by atoms with Gasteiger partial charge in [-0.2, -0.15) is 0 Å². The number of aromatic nitrogens is 2. The first-order valence-corrected chi connectivity index (χ1v) is 14.2. The molecule has 3 aromatic carbocycles. The molecule has 9 heteroatoms. The van der Waals surface area contributed by atoms with Crippen LogP contribution in [0.4, 0.5) is 0 Å². The fourth-order valence-electron chi connectivity index (χ4n) is 4.88. The Kier molecular flexibility index (Phi) is 7.44. The summed E-state index contributed by atoms with van der Waals surface area (Å²) < 4.78 is 40.4. The topological polar surface area (TPSA) is 87.5 Å². The number of carbonyl (C=O) groups is 1. The standard InChI is InChI=1S/C30H27ClN2O5S/c1-4-38-30(34)29-23(18-37-3)28-26(17-32-29)33(39(35,36)22-14-12-19(2)13-15-22)25-11-7-9-21(27(25)28)16-20-8-5-6-10-24(20)31/h5-15,17H,4,16,18H2,1-3H3. The fourth-order valence-corrected chi connectivity index (χ4v) is 6.58. The van der Waals surface area contributed by atoms with E-state index in [1.54, 1.807) is 37.3 Å². The summed E-state index contributed by atoms with van der Waals surface area (Å²) >= 11 is 6.50. The number of halogens is 1. The summed E-state index contributed by atoms with van der Waals surface area (Å²) in [5.74, 6) is -0.600. The van der Waals surface area contributed by atoms with Gasteiger partial charge in [-0.3, -0.25) is 0 Å². The van der Waals surface area contributed by atoms with Gasteiger partial charge >= 0.3 is 5.97 Å². The normalized spacial score (nSPS) is 11.8. The van der Waals surface area contributed by atoms with Crippen LogP contribution in [0.3, 0.4) is 0 Å². The summed E-state index contributed by atoms with van der Waals surface area (Å²) in [6, 6.07) is 19.8. The van der Waals surface area contributed by atoms with Gasteiger partial charge in [-0.1, -0.05) is 59.6 Å². The van der Waals surface area contributed by atoms with Crippen LogP contribution < -0.4 is 0 Å². The van der Waals surface area contributed by atoms with Crippen LogP contribution >= 0.6 is 11.6 Å². The minimum atomic E-state index is -4.04. The van der Waals surface area contributed by atoms with E-state index in [1.807, 2.05) is 43.3 Å². The highest BCUT2D eigenvalue weighted by molar-refractivity contribution is 7.90. The highest BCUT2D eigenvalue weighted by Gasteiger charge is 2.29. The summed E-state index contributed by atoms with van der Waals surface area (Å²) in [5.41, 5.74) is 4.05. The molecular formula is C30H27ClN2O5S. The maximum absolute atomic E-state index is 14.1. The molecule has 0 amide bonds. The Balaban J connectivity index is 1.91.